The van der Waals surface area contributed by atoms with Gasteiger partial charge in [0.05, 0.1) is 6.54 Å². The highest BCUT2D eigenvalue weighted by atomic mass is 16.5. The first-order chi connectivity index (χ1) is 8.69. The van der Waals surface area contributed by atoms with E-state index in [1.807, 2.05) is 6.92 Å². The third-order valence-electron chi connectivity index (χ3n) is 3.13. The van der Waals surface area contributed by atoms with Gasteiger partial charge in [0.15, 0.2) is 0 Å². The Morgan fingerprint density at radius 3 is 2.78 bits per heavy atom. The number of rotatable bonds is 8. The second-order valence-electron chi connectivity index (χ2n) is 4.72. The van der Waals surface area contributed by atoms with Gasteiger partial charge in [-0.1, -0.05) is 13.3 Å². The smallest absolute Gasteiger partial charge is 0.245 e. The molecule has 0 bridgehead atoms. The summed E-state index contributed by atoms with van der Waals surface area (Å²) in [5.74, 6) is 0.0353. The number of amides is 2. The van der Waals surface area contributed by atoms with E-state index in [4.69, 9.17) is 4.74 Å². The topological polar surface area (TPSA) is 58.6 Å². The molecule has 18 heavy (non-hydrogen) atoms. The van der Waals surface area contributed by atoms with Crippen LogP contribution < -0.4 is 5.32 Å². The van der Waals surface area contributed by atoms with Crippen molar-refractivity contribution >= 4 is 11.8 Å². The Morgan fingerprint density at radius 1 is 1.33 bits per heavy atom. The molecule has 2 amide bonds. The van der Waals surface area contributed by atoms with Crippen molar-refractivity contribution < 1.29 is 14.3 Å². The molecule has 1 rings (SSSR count). The molecule has 1 N–H and O–H groups in total. The minimum absolute atomic E-state index is 0.0371. The van der Waals surface area contributed by atoms with Crippen LogP contribution in [-0.2, 0) is 14.3 Å². The molecule has 1 unspecified atom stereocenters. The summed E-state index contributed by atoms with van der Waals surface area (Å²) in [7, 11) is 1.69. The average molecular weight is 256 g/mol. The molecule has 1 saturated heterocycles. The molecule has 0 aliphatic carbocycles. The van der Waals surface area contributed by atoms with E-state index in [0.29, 0.717) is 6.54 Å². The summed E-state index contributed by atoms with van der Waals surface area (Å²) in [5.41, 5.74) is 0. The standard InChI is InChI=1S/C13H24N2O3/c1-3-7-11-13(17)15(10-12(16)14-11)8-5-4-6-9-18-2/h11H,3-10H2,1-2H3,(H,14,16). The number of hydrogen-bond donors (Lipinski definition) is 1. The molecular formula is C13H24N2O3. The van der Waals surface area contributed by atoms with E-state index in [-0.39, 0.29) is 24.4 Å². The SMILES string of the molecule is CCCC1NC(=O)CN(CCCCCOC)C1=O. The van der Waals surface area contributed by atoms with E-state index in [2.05, 4.69) is 5.32 Å². The summed E-state index contributed by atoms with van der Waals surface area (Å²) in [6, 6.07) is -0.310. The molecule has 1 atom stereocenters. The Labute approximate surface area is 109 Å². The highest BCUT2D eigenvalue weighted by molar-refractivity contribution is 5.94. The molecule has 0 radical (unpaired) electrons. The van der Waals surface area contributed by atoms with Gasteiger partial charge in [-0.2, -0.15) is 0 Å². The quantitative estimate of drug-likeness (QED) is 0.657. The van der Waals surface area contributed by atoms with Crippen molar-refractivity contribution in [2.24, 2.45) is 0 Å². The predicted octanol–water partition coefficient (Wildman–Crippen LogP) is 0.930. The van der Waals surface area contributed by atoms with Crippen LogP contribution in [0.2, 0.25) is 0 Å². The van der Waals surface area contributed by atoms with Crippen LogP contribution in [0.1, 0.15) is 39.0 Å². The number of nitrogens with zero attached hydrogens (tertiary/aromatic N) is 1. The fourth-order valence-electron chi connectivity index (χ4n) is 2.17. The van der Waals surface area contributed by atoms with Crippen molar-refractivity contribution in [3.63, 3.8) is 0 Å². The van der Waals surface area contributed by atoms with Gasteiger partial charge >= 0.3 is 0 Å². The first-order valence-corrected chi connectivity index (χ1v) is 6.76. The van der Waals surface area contributed by atoms with E-state index < -0.39 is 0 Å². The normalized spacial score (nSPS) is 20.1. The lowest BCUT2D eigenvalue weighted by molar-refractivity contribution is -0.144. The summed E-state index contributed by atoms with van der Waals surface area (Å²) in [6.07, 6.45) is 4.59. The molecule has 1 aliphatic rings. The second kappa shape index (κ2) is 8.08. The minimum atomic E-state index is -0.310. The predicted molar refractivity (Wildman–Crippen MR) is 69.1 cm³/mol. The lowest BCUT2D eigenvalue weighted by Crippen LogP contribution is -2.58. The van der Waals surface area contributed by atoms with Gasteiger partial charge in [0.2, 0.25) is 11.8 Å². The van der Waals surface area contributed by atoms with Crippen molar-refractivity contribution in [3.8, 4) is 0 Å². The van der Waals surface area contributed by atoms with Crippen LogP contribution in [0.25, 0.3) is 0 Å². The first kappa shape index (κ1) is 15.0. The lowest BCUT2D eigenvalue weighted by atomic mass is 10.1. The lowest BCUT2D eigenvalue weighted by Gasteiger charge is -2.32. The highest BCUT2D eigenvalue weighted by Crippen LogP contribution is 2.09. The van der Waals surface area contributed by atoms with Crippen molar-refractivity contribution in [1.29, 1.82) is 0 Å². The number of carbonyl (C=O) groups is 2. The van der Waals surface area contributed by atoms with Gasteiger partial charge in [-0.3, -0.25) is 9.59 Å². The molecule has 1 aliphatic heterocycles. The van der Waals surface area contributed by atoms with Gasteiger partial charge in [0.25, 0.3) is 0 Å². The van der Waals surface area contributed by atoms with Crippen LogP contribution in [-0.4, -0.2) is 49.6 Å². The Morgan fingerprint density at radius 2 is 2.11 bits per heavy atom. The van der Waals surface area contributed by atoms with Crippen molar-refractivity contribution in [3.05, 3.63) is 0 Å². The van der Waals surface area contributed by atoms with Gasteiger partial charge in [-0.15, -0.1) is 0 Å². The van der Waals surface area contributed by atoms with Crippen molar-refractivity contribution in [1.82, 2.24) is 10.2 Å². The number of nitrogens with one attached hydrogen (secondary N) is 1. The fraction of sp³-hybridized carbons (Fsp3) is 0.846. The number of hydrogen-bond acceptors (Lipinski definition) is 3. The highest BCUT2D eigenvalue weighted by Gasteiger charge is 2.31. The second-order valence-corrected chi connectivity index (χ2v) is 4.72. The first-order valence-electron chi connectivity index (χ1n) is 6.76. The molecule has 5 nitrogen and oxygen atoms in total. The van der Waals surface area contributed by atoms with Crippen LogP contribution in [0.15, 0.2) is 0 Å². The molecule has 1 fully saturated rings. The number of unbranched alkanes of at least 4 members (excludes halogenated alkanes) is 2. The third-order valence-corrected chi connectivity index (χ3v) is 3.13. The van der Waals surface area contributed by atoms with Gasteiger partial charge < -0.3 is 15.0 Å². The van der Waals surface area contributed by atoms with E-state index in [0.717, 1.165) is 38.7 Å². The molecule has 0 spiro atoms. The molecule has 0 aromatic heterocycles. The molecule has 104 valence electrons. The van der Waals surface area contributed by atoms with Gasteiger partial charge in [0, 0.05) is 20.3 Å². The maximum Gasteiger partial charge on any atom is 0.245 e. The maximum atomic E-state index is 12.1. The Hall–Kier alpha value is -1.10. The van der Waals surface area contributed by atoms with Crippen LogP contribution >= 0.6 is 0 Å². The zero-order valence-corrected chi connectivity index (χ0v) is 11.4. The van der Waals surface area contributed by atoms with Gasteiger partial charge in [-0.25, -0.2) is 0 Å². The summed E-state index contributed by atoms with van der Waals surface area (Å²) >= 11 is 0. The third kappa shape index (κ3) is 4.64. The monoisotopic (exact) mass is 256 g/mol. The van der Waals surface area contributed by atoms with Crippen molar-refractivity contribution in [2.75, 3.05) is 26.8 Å². The maximum absolute atomic E-state index is 12.1. The molecule has 1 heterocycles. The molecule has 0 aromatic rings. The number of ether oxygens (including phenoxy) is 1. The molecule has 5 heteroatoms. The Bertz CT molecular complexity index is 281. The fourth-order valence-corrected chi connectivity index (χ4v) is 2.17. The zero-order valence-electron chi connectivity index (χ0n) is 11.4. The number of carbonyl (C=O) groups excluding carboxylic acids is 2. The van der Waals surface area contributed by atoms with Crippen LogP contribution in [0.4, 0.5) is 0 Å². The van der Waals surface area contributed by atoms with Crippen LogP contribution in [0.3, 0.4) is 0 Å². The summed E-state index contributed by atoms with van der Waals surface area (Å²) in [4.78, 5) is 25.3. The van der Waals surface area contributed by atoms with E-state index in [1.54, 1.807) is 12.0 Å². The van der Waals surface area contributed by atoms with Crippen LogP contribution in [0, 0.1) is 0 Å². The Balaban J connectivity index is 2.34. The van der Waals surface area contributed by atoms with E-state index >= 15 is 0 Å². The Kier molecular flexibility index (Phi) is 6.72. The van der Waals surface area contributed by atoms with Crippen molar-refractivity contribution in [2.45, 2.75) is 45.1 Å². The van der Waals surface area contributed by atoms with E-state index in [9.17, 15) is 9.59 Å². The average Bonchev–Trinajstić information content (AvgIpc) is 2.34. The molecule has 0 saturated carbocycles. The minimum Gasteiger partial charge on any atom is -0.385 e. The zero-order chi connectivity index (χ0) is 13.4. The molecule has 0 aromatic carbocycles. The number of piperazine rings is 1. The molecular weight excluding hydrogens is 232 g/mol. The summed E-state index contributed by atoms with van der Waals surface area (Å²) < 4.78 is 4.98. The summed E-state index contributed by atoms with van der Waals surface area (Å²) in [6.45, 7) is 3.66. The van der Waals surface area contributed by atoms with E-state index in [1.165, 1.54) is 0 Å². The summed E-state index contributed by atoms with van der Waals surface area (Å²) in [5, 5.41) is 2.76. The van der Waals surface area contributed by atoms with Gasteiger partial charge in [0.1, 0.15) is 6.04 Å². The van der Waals surface area contributed by atoms with Gasteiger partial charge in [-0.05, 0) is 25.7 Å². The number of methoxy groups -OCH3 is 1. The largest absolute Gasteiger partial charge is 0.385 e. The van der Waals surface area contributed by atoms with Crippen LogP contribution in [0.5, 0.6) is 0 Å².